The Kier molecular flexibility index (Phi) is 5.65. The zero-order valence-electron chi connectivity index (χ0n) is 14.6. The number of hydrogen-bond acceptors (Lipinski definition) is 5. The molecule has 1 N–H and O–H groups in total. The molecule has 1 amide bonds. The number of aromatic nitrogens is 2. The number of halogens is 1. The van der Waals surface area contributed by atoms with Crippen LogP contribution in [0.3, 0.4) is 0 Å². The number of nitrogens with one attached hydrogen (secondary N) is 1. The van der Waals surface area contributed by atoms with Gasteiger partial charge in [0.2, 0.25) is 5.88 Å². The van der Waals surface area contributed by atoms with Crippen molar-refractivity contribution in [1.29, 1.82) is 0 Å². The Bertz CT molecular complexity index is 952. The van der Waals surface area contributed by atoms with E-state index in [1.54, 1.807) is 19.1 Å². The molecule has 0 aliphatic carbocycles. The Balaban J connectivity index is 1.73. The highest BCUT2D eigenvalue weighted by molar-refractivity contribution is 5.80. The van der Waals surface area contributed by atoms with Crippen LogP contribution in [-0.4, -0.2) is 21.8 Å². The molecule has 0 fully saturated rings. The van der Waals surface area contributed by atoms with Crippen LogP contribution >= 0.6 is 0 Å². The Morgan fingerprint density at radius 2 is 2.04 bits per heavy atom. The standard InChI is InChI=1S/C19H18FN3O4/c1-2-16(19(25)21-12-15-4-3-11-26-15)27-17-9-10-18(24)23(22-17)14-7-5-13(20)6-8-14/h3-11,16H,2,12H2,1H3,(H,21,25)/t16-/m0/s1. The van der Waals surface area contributed by atoms with Crippen molar-refractivity contribution in [2.75, 3.05) is 0 Å². The summed E-state index contributed by atoms with van der Waals surface area (Å²) in [6, 6.07) is 11.5. The number of carbonyl (C=O) groups excluding carboxylic acids is 1. The summed E-state index contributed by atoms with van der Waals surface area (Å²) in [7, 11) is 0. The number of furan rings is 1. The van der Waals surface area contributed by atoms with Gasteiger partial charge in [-0.25, -0.2) is 4.39 Å². The highest BCUT2D eigenvalue weighted by Gasteiger charge is 2.19. The summed E-state index contributed by atoms with van der Waals surface area (Å²) < 4.78 is 25.0. The van der Waals surface area contributed by atoms with E-state index >= 15 is 0 Å². The minimum atomic E-state index is -0.786. The quantitative estimate of drug-likeness (QED) is 0.689. The normalized spacial score (nSPS) is 11.8. The van der Waals surface area contributed by atoms with E-state index in [9.17, 15) is 14.0 Å². The Morgan fingerprint density at radius 3 is 2.70 bits per heavy atom. The predicted octanol–water partition coefficient (Wildman–Crippen LogP) is 2.44. The van der Waals surface area contributed by atoms with Crippen LogP contribution in [0, 0.1) is 5.82 Å². The van der Waals surface area contributed by atoms with Crippen LogP contribution in [0.15, 0.2) is 64.0 Å². The molecule has 1 aromatic carbocycles. The summed E-state index contributed by atoms with van der Waals surface area (Å²) in [5, 5.41) is 6.84. The van der Waals surface area contributed by atoms with Crippen molar-refractivity contribution < 1.29 is 18.3 Å². The van der Waals surface area contributed by atoms with Gasteiger partial charge in [-0.15, -0.1) is 5.10 Å². The van der Waals surface area contributed by atoms with E-state index in [-0.39, 0.29) is 18.3 Å². The fourth-order valence-electron chi connectivity index (χ4n) is 2.39. The zero-order chi connectivity index (χ0) is 19.2. The van der Waals surface area contributed by atoms with Gasteiger partial charge in [0.05, 0.1) is 18.5 Å². The average molecular weight is 371 g/mol. The van der Waals surface area contributed by atoms with Gasteiger partial charge >= 0.3 is 0 Å². The van der Waals surface area contributed by atoms with Crippen molar-refractivity contribution in [3.05, 3.63) is 76.7 Å². The molecule has 0 unspecified atom stereocenters. The van der Waals surface area contributed by atoms with Crippen LogP contribution in [0.4, 0.5) is 4.39 Å². The Labute approximate surface area is 154 Å². The van der Waals surface area contributed by atoms with Crippen LogP contribution in [0.25, 0.3) is 5.69 Å². The van der Waals surface area contributed by atoms with Crippen LogP contribution in [-0.2, 0) is 11.3 Å². The molecular formula is C19H18FN3O4. The van der Waals surface area contributed by atoms with Gasteiger partial charge in [-0.2, -0.15) is 4.68 Å². The predicted molar refractivity (Wildman–Crippen MR) is 95.1 cm³/mol. The van der Waals surface area contributed by atoms with Gasteiger partial charge in [-0.05, 0) is 42.8 Å². The van der Waals surface area contributed by atoms with Crippen LogP contribution < -0.4 is 15.6 Å². The molecule has 1 atom stereocenters. The summed E-state index contributed by atoms with van der Waals surface area (Å²) in [5.41, 5.74) is -0.00792. The third-order valence-electron chi connectivity index (χ3n) is 3.79. The van der Waals surface area contributed by atoms with Crippen molar-refractivity contribution in [2.45, 2.75) is 26.0 Å². The number of hydrogen-bond donors (Lipinski definition) is 1. The molecule has 0 bridgehead atoms. The molecule has 140 valence electrons. The van der Waals surface area contributed by atoms with E-state index in [4.69, 9.17) is 9.15 Å². The van der Waals surface area contributed by atoms with E-state index in [2.05, 4.69) is 10.4 Å². The monoisotopic (exact) mass is 371 g/mol. The number of benzene rings is 1. The van der Waals surface area contributed by atoms with Crippen molar-refractivity contribution in [1.82, 2.24) is 15.1 Å². The molecule has 0 spiro atoms. The SMILES string of the molecule is CC[C@H](Oc1ccc(=O)n(-c2ccc(F)cc2)n1)C(=O)NCc1ccco1. The molecule has 0 aliphatic heterocycles. The van der Waals surface area contributed by atoms with E-state index in [1.807, 2.05) is 0 Å². The number of carbonyl (C=O) groups is 1. The molecule has 0 aliphatic rings. The van der Waals surface area contributed by atoms with Gasteiger partial charge < -0.3 is 14.5 Å². The van der Waals surface area contributed by atoms with E-state index < -0.39 is 17.5 Å². The fourth-order valence-corrected chi connectivity index (χ4v) is 2.39. The topological polar surface area (TPSA) is 86.4 Å². The Morgan fingerprint density at radius 1 is 1.26 bits per heavy atom. The molecule has 3 rings (SSSR count). The maximum atomic E-state index is 13.1. The largest absolute Gasteiger partial charge is 0.467 e. The lowest BCUT2D eigenvalue weighted by Crippen LogP contribution is -2.38. The molecule has 0 saturated heterocycles. The highest BCUT2D eigenvalue weighted by atomic mass is 19.1. The van der Waals surface area contributed by atoms with Gasteiger partial charge in [-0.1, -0.05) is 6.92 Å². The number of rotatable bonds is 7. The minimum Gasteiger partial charge on any atom is -0.467 e. The molecule has 8 heteroatoms. The summed E-state index contributed by atoms with van der Waals surface area (Å²) >= 11 is 0. The second-order valence-corrected chi connectivity index (χ2v) is 5.71. The summed E-state index contributed by atoms with van der Waals surface area (Å²) in [5.74, 6) is -0.00572. The first-order chi connectivity index (χ1) is 13.1. The highest BCUT2D eigenvalue weighted by Crippen LogP contribution is 2.12. The molecule has 3 aromatic rings. The van der Waals surface area contributed by atoms with E-state index in [1.165, 1.54) is 42.7 Å². The molecule has 7 nitrogen and oxygen atoms in total. The summed E-state index contributed by atoms with van der Waals surface area (Å²) in [6.45, 7) is 2.04. The molecule has 2 aromatic heterocycles. The van der Waals surface area contributed by atoms with Gasteiger partial charge in [0, 0.05) is 12.1 Å². The summed E-state index contributed by atoms with van der Waals surface area (Å²) in [6.07, 6.45) is 1.14. The first-order valence-electron chi connectivity index (χ1n) is 8.40. The first kappa shape index (κ1) is 18.4. The number of nitrogens with zero attached hydrogens (tertiary/aromatic N) is 2. The van der Waals surface area contributed by atoms with Crippen molar-refractivity contribution in [3.8, 4) is 11.6 Å². The van der Waals surface area contributed by atoms with E-state index in [0.29, 0.717) is 17.9 Å². The lowest BCUT2D eigenvalue weighted by Gasteiger charge is -2.16. The number of ether oxygens (including phenoxy) is 1. The second-order valence-electron chi connectivity index (χ2n) is 5.71. The molecule has 0 saturated carbocycles. The van der Waals surface area contributed by atoms with Gasteiger partial charge in [0.15, 0.2) is 6.10 Å². The molecule has 2 heterocycles. The van der Waals surface area contributed by atoms with Crippen LogP contribution in [0.1, 0.15) is 19.1 Å². The van der Waals surface area contributed by atoms with Crippen molar-refractivity contribution in [3.63, 3.8) is 0 Å². The van der Waals surface area contributed by atoms with E-state index in [0.717, 1.165) is 4.68 Å². The lowest BCUT2D eigenvalue weighted by atomic mass is 10.2. The third kappa shape index (κ3) is 4.60. The number of amides is 1. The average Bonchev–Trinajstić information content (AvgIpc) is 3.20. The first-order valence-corrected chi connectivity index (χ1v) is 8.40. The second kappa shape index (κ2) is 8.31. The van der Waals surface area contributed by atoms with Gasteiger partial charge in [-0.3, -0.25) is 9.59 Å². The smallest absolute Gasteiger partial charge is 0.271 e. The lowest BCUT2D eigenvalue weighted by molar-refractivity contribution is -0.128. The van der Waals surface area contributed by atoms with Gasteiger partial charge in [0.25, 0.3) is 11.5 Å². The van der Waals surface area contributed by atoms with Crippen molar-refractivity contribution in [2.24, 2.45) is 0 Å². The van der Waals surface area contributed by atoms with Crippen LogP contribution in [0.5, 0.6) is 5.88 Å². The molecule has 27 heavy (non-hydrogen) atoms. The van der Waals surface area contributed by atoms with Crippen LogP contribution in [0.2, 0.25) is 0 Å². The maximum Gasteiger partial charge on any atom is 0.271 e. The fraction of sp³-hybridized carbons (Fsp3) is 0.211. The third-order valence-corrected chi connectivity index (χ3v) is 3.79. The summed E-state index contributed by atoms with van der Waals surface area (Å²) in [4.78, 5) is 24.4. The Hall–Kier alpha value is -3.42. The maximum absolute atomic E-state index is 13.1. The zero-order valence-corrected chi connectivity index (χ0v) is 14.6. The minimum absolute atomic E-state index is 0.110. The van der Waals surface area contributed by atoms with Gasteiger partial charge in [0.1, 0.15) is 11.6 Å². The molecular weight excluding hydrogens is 353 g/mol. The van der Waals surface area contributed by atoms with Crippen molar-refractivity contribution >= 4 is 5.91 Å². The molecule has 0 radical (unpaired) electrons.